The number of Topliss-reactive ketones (excluding diaryl/α,β-unsaturated/α-hetero) is 1. The van der Waals surface area contributed by atoms with Crippen LogP contribution in [0.1, 0.15) is 93.4 Å². The van der Waals surface area contributed by atoms with Gasteiger partial charge in [0.1, 0.15) is 5.78 Å². The third-order valence-corrected chi connectivity index (χ3v) is 7.55. The molecule has 0 aromatic rings. The van der Waals surface area contributed by atoms with Gasteiger partial charge in [-0.15, -0.1) is 9.24 Å². The van der Waals surface area contributed by atoms with Crippen LogP contribution in [0.4, 0.5) is 0 Å². The Morgan fingerprint density at radius 1 is 1.03 bits per heavy atom. The average Bonchev–Trinajstić information content (AvgIpc) is 2.73. The summed E-state index contributed by atoms with van der Waals surface area (Å²) in [6.45, 7) is 22.5. The Morgan fingerprint density at radius 2 is 1.63 bits per heavy atom. The van der Waals surface area contributed by atoms with Crippen molar-refractivity contribution in [3.63, 3.8) is 0 Å². The summed E-state index contributed by atoms with van der Waals surface area (Å²) in [5.41, 5.74) is -0.357. The second-order valence-corrected chi connectivity index (χ2v) is 13.5. The van der Waals surface area contributed by atoms with Crippen LogP contribution >= 0.6 is 9.24 Å². The van der Waals surface area contributed by atoms with Crippen molar-refractivity contribution in [2.24, 2.45) is 10.8 Å². The molecule has 0 radical (unpaired) electrons. The van der Waals surface area contributed by atoms with Gasteiger partial charge in [-0.3, -0.25) is 9.59 Å². The zero-order chi connectivity index (χ0) is 26.9. The second-order valence-electron chi connectivity index (χ2n) is 12.3. The van der Waals surface area contributed by atoms with Crippen LogP contribution in [0.25, 0.3) is 0 Å². The number of ketones is 1. The fourth-order valence-corrected chi connectivity index (χ4v) is 6.63. The van der Waals surface area contributed by atoms with Gasteiger partial charge in [-0.1, -0.05) is 84.4 Å². The average molecular weight is 504 g/mol. The highest BCUT2D eigenvalue weighted by Crippen LogP contribution is 2.47. The molecule has 4 nitrogen and oxygen atoms in total. The highest BCUT2D eigenvalue weighted by molar-refractivity contribution is 7.21. The van der Waals surface area contributed by atoms with Crippen LogP contribution in [-0.2, 0) is 14.3 Å². The number of rotatable bonds is 14. The van der Waals surface area contributed by atoms with Crippen LogP contribution in [0.15, 0.2) is 49.1 Å². The summed E-state index contributed by atoms with van der Waals surface area (Å²) in [4.78, 5) is 26.1. The van der Waals surface area contributed by atoms with Gasteiger partial charge in [-0.25, -0.2) is 0 Å². The highest BCUT2D eigenvalue weighted by Gasteiger charge is 2.45. The SMILES string of the molecule is C=C/C=C\C(=C/C=C)C(=O)NC(C)COC(C)(C)CC(C)(C)CC(C)(C)C(=O)C1(P)CCCCC1. The maximum absolute atomic E-state index is 13.6. The molecule has 0 aliphatic heterocycles. The molecule has 0 heterocycles. The van der Waals surface area contributed by atoms with Gasteiger partial charge in [0.2, 0.25) is 0 Å². The summed E-state index contributed by atoms with van der Waals surface area (Å²) < 4.78 is 6.28. The molecule has 0 aromatic heterocycles. The van der Waals surface area contributed by atoms with Crippen molar-refractivity contribution in [1.29, 1.82) is 0 Å². The van der Waals surface area contributed by atoms with Crippen LogP contribution in [0, 0.1) is 10.8 Å². The smallest absolute Gasteiger partial charge is 0.251 e. The Hall–Kier alpha value is -1.51. The lowest BCUT2D eigenvalue weighted by atomic mass is 9.65. The largest absolute Gasteiger partial charge is 0.373 e. The fourth-order valence-electron chi connectivity index (χ4n) is 5.83. The molecule has 2 unspecified atom stereocenters. The maximum Gasteiger partial charge on any atom is 0.251 e. The van der Waals surface area contributed by atoms with E-state index in [0.29, 0.717) is 18.0 Å². The van der Waals surface area contributed by atoms with Gasteiger partial charge in [0.15, 0.2) is 0 Å². The molecule has 1 amide bonds. The molecule has 2 atom stereocenters. The first-order valence-corrected chi connectivity index (χ1v) is 13.6. The van der Waals surface area contributed by atoms with Crippen molar-refractivity contribution in [1.82, 2.24) is 5.32 Å². The molecule has 1 aliphatic carbocycles. The Morgan fingerprint density at radius 3 is 2.17 bits per heavy atom. The lowest BCUT2D eigenvalue weighted by molar-refractivity contribution is -0.133. The minimum atomic E-state index is -0.396. The van der Waals surface area contributed by atoms with Gasteiger partial charge in [0.25, 0.3) is 5.91 Å². The maximum atomic E-state index is 13.6. The van der Waals surface area contributed by atoms with Crippen molar-refractivity contribution >= 4 is 20.9 Å². The normalized spacial score (nSPS) is 18.2. The molecule has 1 saturated carbocycles. The van der Waals surface area contributed by atoms with Crippen LogP contribution < -0.4 is 5.32 Å². The monoisotopic (exact) mass is 503 g/mol. The van der Waals surface area contributed by atoms with Crippen molar-refractivity contribution < 1.29 is 14.3 Å². The summed E-state index contributed by atoms with van der Waals surface area (Å²) in [7, 11) is 2.91. The van der Waals surface area contributed by atoms with Gasteiger partial charge in [-0.2, -0.15) is 0 Å². The zero-order valence-corrected chi connectivity index (χ0v) is 24.5. The summed E-state index contributed by atoms with van der Waals surface area (Å²) >= 11 is 0. The molecular formula is C30H50NO3P. The van der Waals surface area contributed by atoms with E-state index in [-0.39, 0.29) is 22.5 Å². The van der Waals surface area contributed by atoms with E-state index in [9.17, 15) is 9.59 Å². The highest BCUT2D eigenvalue weighted by atomic mass is 31.0. The first-order chi connectivity index (χ1) is 16.1. The fraction of sp³-hybridized carbons (Fsp3) is 0.667. The number of ether oxygens (including phenoxy) is 1. The van der Waals surface area contributed by atoms with E-state index in [2.05, 4.69) is 69.3 Å². The van der Waals surface area contributed by atoms with Crippen LogP contribution in [-0.4, -0.2) is 35.1 Å². The molecule has 0 saturated heterocycles. The standard InChI is InChI=1S/C30H50NO3P/c1-10-12-17-24(16-11-2)25(32)31-23(3)20-34-29(8,9)22-27(4,5)21-28(6,7)26(33)30(35)18-14-13-15-19-30/h10-12,16-17,23H,1-2,13-15,18-22,35H2,3-9H3,(H,31,32)/b17-12-,24-16+. The summed E-state index contributed by atoms with van der Waals surface area (Å²) in [6.07, 6.45) is 15.4. The van der Waals surface area contributed by atoms with Crippen molar-refractivity contribution in [3.05, 3.63) is 49.1 Å². The predicted molar refractivity (Wildman–Crippen MR) is 153 cm³/mol. The molecule has 1 N–H and O–H groups in total. The summed E-state index contributed by atoms with van der Waals surface area (Å²) in [5.74, 6) is 0.207. The van der Waals surface area contributed by atoms with Gasteiger partial charge >= 0.3 is 0 Å². The van der Waals surface area contributed by atoms with E-state index in [1.54, 1.807) is 30.4 Å². The van der Waals surface area contributed by atoms with Gasteiger partial charge < -0.3 is 10.1 Å². The molecule has 0 spiro atoms. The third-order valence-electron chi connectivity index (χ3n) is 6.71. The minimum absolute atomic E-state index is 0.0831. The molecule has 5 heteroatoms. The van der Waals surface area contributed by atoms with Crippen LogP contribution in [0.2, 0.25) is 0 Å². The third kappa shape index (κ3) is 10.6. The lowest BCUT2D eigenvalue weighted by Gasteiger charge is -2.43. The van der Waals surface area contributed by atoms with E-state index in [0.717, 1.165) is 38.5 Å². The van der Waals surface area contributed by atoms with Crippen LogP contribution in [0.3, 0.4) is 0 Å². The molecule has 35 heavy (non-hydrogen) atoms. The molecule has 1 fully saturated rings. The van der Waals surface area contributed by atoms with Crippen molar-refractivity contribution in [2.75, 3.05) is 6.61 Å². The van der Waals surface area contributed by atoms with Gasteiger partial charge in [-0.05, 0) is 57.9 Å². The van der Waals surface area contributed by atoms with E-state index in [4.69, 9.17) is 4.74 Å². The molecule has 0 aromatic carbocycles. The number of hydrogen-bond donors (Lipinski definition) is 1. The summed E-state index contributed by atoms with van der Waals surface area (Å²) in [6, 6.07) is -0.156. The molecule has 1 rings (SSSR count). The molecule has 198 valence electrons. The van der Waals surface area contributed by atoms with Crippen LogP contribution in [0.5, 0.6) is 0 Å². The molecular weight excluding hydrogens is 453 g/mol. The Bertz CT molecular complexity index is 813. The number of hydrogen-bond acceptors (Lipinski definition) is 3. The molecule has 1 aliphatic rings. The Labute approximate surface area is 217 Å². The molecule has 0 bridgehead atoms. The topological polar surface area (TPSA) is 55.4 Å². The van der Waals surface area contributed by atoms with Crippen molar-refractivity contribution in [2.45, 2.75) is 110 Å². The van der Waals surface area contributed by atoms with E-state index in [1.165, 1.54) is 6.42 Å². The number of carbonyl (C=O) groups is 2. The quantitative estimate of drug-likeness (QED) is 0.156. The Balaban J connectivity index is 2.72. The van der Waals surface area contributed by atoms with Gasteiger partial charge in [0.05, 0.1) is 12.2 Å². The van der Waals surface area contributed by atoms with E-state index < -0.39 is 11.0 Å². The second kappa shape index (κ2) is 13.2. The lowest BCUT2D eigenvalue weighted by Crippen LogP contribution is -2.46. The van der Waals surface area contributed by atoms with Gasteiger partial charge in [0, 0.05) is 22.2 Å². The minimum Gasteiger partial charge on any atom is -0.373 e. The van der Waals surface area contributed by atoms with E-state index >= 15 is 0 Å². The van der Waals surface area contributed by atoms with E-state index in [1.807, 2.05) is 6.92 Å². The number of amides is 1. The van der Waals surface area contributed by atoms with Crippen molar-refractivity contribution in [3.8, 4) is 0 Å². The first-order valence-electron chi connectivity index (χ1n) is 13.0. The number of carbonyl (C=O) groups excluding carboxylic acids is 2. The number of nitrogens with one attached hydrogen (secondary N) is 1. The first kappa shape index (κ1) is 31.5. The number of allylic oxidation sites excluding steroid dienone is 4. The zero-order valence-electron chi connectivity index (χ0n) is 23.3. The summed E-state index contributed by atoms with van der Waals surface area (Å²) in [5, 5.41) is 2.72. The predicted octanol–water partition coefficient (Wildman–Crippen LogP) is 7.12. The Kier molecular flexibility index (Phi) is 11.8.